The number of allylic oxidation sites excluding steroid dienone is 4. The van der Waals surface area contributed by atoms with Gasteiger partial charge in [-0.05, 0) is 43.2 Å². The maximum atomic E-state index is 5.80. The summed E-state index contributed by atoms with van der Waals surface area (Å²) < 4.78 is 0. The zero-order valence-corrected chi connectivity index (χ0v) is 18.2. The molecule has 0 atom stereocenters. The molecule has 0 fully saturated rings. The summed E-state index contributed by atoms with van der Waals surface area (Å²) in [5.74, 6) is 0. The summed E-state index contributed by atoms with van der Waals surface area (Å²) in [6, 6.07) is 8.53. The first-order valence-electron chi connectivity index (χ1n) is 10.5. The Hall–Kier alpha value is -3.34. The molecule has 2 heterocycles. The summed E-state index contributed by atoms with van der Waals surface area (Å²) in [7, 11) is 1.74. The standard InChI is InChI=1S/C25H31N5/c1-5-11-29(12-6-2)24-14-21-13-23(9-10-25(21)28-17-24)30-18-20(8-7-19(30)3)22(15-26)16-27-4/h7-10,13-18H,3,5-6,11-12,26H2,1-2,4H3. The van der Waals surface area contributed by atoms with Crippen molar-refractivity contribution in [3.05, 3.63) is 78.4 Å². The lowest BCUT2D eigenvalue weighted by Crippen LogP contribution is -2.24. The van der Waals surface area contributed by atoms with Crippen LogP contribution in [-0.4, -0.2) is 31.3 Å². The van der Waals surface area contributed by atoms with E-state index in [0.717, 1.165) is 59.4 Å². The molecule has 30 heavy (non-hydrogen) atoms. The summed E-state index contributed by atoms with van der Waals surface area (Å²) in [5, 5.41) is 1.12. The first-order valence-corrected chi connectivity index (χ1v) is 10.5. The van der Waals surface area contributed by atoms with E-state index < -0.39 is 0 Å². The smallest absolute Gasteiger partial charge is 0.0705 e. The molecule has 1 aromatic heterocycles. The largest absolute Gasteiger partial charge is 0.404 e. The Morgan fingerprint density at radius 1 is 1.20 bits per heavy atom. The van der Waals surface area contributed by atoms with Crippen molar-refractivity contribution in [3.63, 3.8) is 0 Å². The molecule has 5 heteroatoms. The normalized spacial score (nSPS) is 14.6. The average Bonchev–Trinajstić information content (AvgIpc) is 2.77. The zero-order chi connectivity index (χ0) is 21.5. The monoisotopic (exact) mass is 401 g/mol. The number of aliphatic imine (C=N–C) groups is 1. The number of hydrogen-bond donors (Lipinski definition) is 1. The molecule has 3 rings (SSSR count). The molecule has 0 aliphatic carbocycles. The maximum absolute atomic E-state index is 5.80. The van der Waals surface area contributed by atoms with Crippen molar-refractivity contribution in [3.8, 4) is 0 Å². The molecule has 156 valence electrons. The third-order valence-electron chi connectivity index (χ3n) is 5.09. The number of aromatic nitrogens is 1. The minimum absolute atomic E-state index is 0.866. The second kappa shape index (κ2) is 9.92. The highest BCUT2D eigenvalue weighted by Gasteiger charge is 2.14. The van der Waals surface area contributed by atoms with E-state index in [-0.39, 0.29) is 0 Å². The minimum atomic E-state index is 0.866. The highest BCUT2D eigenvalue weighted by atomic mass is 15.1. The van der Waals surface area contributed by atoms with Crippen molar-refractivity contribution >= 4 is 28.5 Å². The van der Waals surface area contributed by atoms with Gasteiger partial charge in [-0.1, -0.05) is 26.5 Å². The number of rotatable bonds is 8. The molecule has 0 saturated carbocycles. The van der Waals surface area contributed by atoms with E-state index in [9.17, 15) is 0 Å². The van der Waals surface area contributed by atoms with Crippen LogP contribution in [0.25, 0.3) is 10.9 Å². The minimum Gasteiger partial charge on any atom is -0.404 e. The molecule has 2 N–H and O–H groups in total. The summed E-state index contributed by atoms with van der Waals surface area (Å²) in [4.78, 5) is 13.3. The van der Waals surface area contributed by atoms with Crippen LogP contribution in [0.4, 0.5) is 11.4 Å². The fourth-order valence-corrected chi connectivity index (χ4v) is 3.64. The molecule has 0 amide bonds. The van der Waals surface area contributed by atoms with Crippen molar-refractivity contribution < 1.29 is 0 Å². The van der Waals surface area contributed by atoms with Gasteiger partial charge < -0.3 is 15.5 Å². The van der Waals surface area contributed by atoms with Crippen LogP contribution < -0.4 is 15.5 Å². The molecule has 0 radical (unpaired) electrons. The van der Waals surface area contributed by atoms with E-state index in [1.807, 2.05) is 24.5 Å². The molecule has 0 unspecified atom stereocenters. The molecule has 5 nitrogen and oxygen atoms in total. The molecule has 1 aromatic carbocycles. The van der Waals surface area contributed by atoms with Crippen molar-refractivity contribution in [2.24, 2.45) is 10.7 Å². The SMILES string of the molecule is C=C1C=CC(C(C=NC)=CN)=CN1c1ccc2ncc(N(CCC)CCC)cc2c1. The van der Waals surface area contributed by atoms with E-state index >= 15 is 0 Å². The van der Waals surface area contributed by atoms with Gasteiger partial charge in [-0.15, -0.1) is 0 Å². The second-order valence-electron chi connectivity index (χ2n) is 7.35. The average molecular weight is 402 g/mol. The molecule has 2 aromatic rings. The number of hydrogen-bond acceptors (Lipinski definition) is 5. The van der Waals surface area contributed by atoms with Crippen LogP contribution in [0.5, 0.6) is 0 Å². The van der Waals surface area contributed by atoms with Crippen molar-refractivity contribution in [1.82, 2.24) is 4.98 Å². The van der Waals surface area contributed by atoms with Gasteiger partial charge in [-0.2, -0.15) is 0 Å². The van der Waals surface area contributed by atoms with E-state index in [2.05, 4.69) is 59.5 Å². The maximum Gasteiger partial charge on any atom is 0.0705 e. The number of nitrogens with zero attached hydrogens (tertiary/aromatic N) is 4. The molecule has 0 bridgehead atoms. The van der Waals surface area contributed by atoms with Crippen LogP contribution in [0.3, 0.4) is 0 Å². The molecular weight excluding hydrogens is 370 g/mol. The third-order valence-corrected chi connectivity index (χ3v) is 5.09. The second-order valence-corrected chi connectivity index (χ2v) is 7.35. The van der Waals surface area contributed by atoms with Gasteiger partial charge in [0.05, 0.1) is 17.4 Å². The summed E-state index contributed by atoms with van der Waals surface area (Å²) in [6.45, 7) is 10.7. The van der Waals surface area contributed by atoms with Crippen LogP contribution in [0, 0.1) is 0 Å². The number of benzene rings is 1. The highest BCUT2D eigenvalue weighted by Crippen LogP contribution is 2.30. The Labute approximate surface area is 179 Å². The van der Waals surface area contributed by atoms with Gasteiger partial charge in [0.25, 0.3) is 0 Å². The lowest BCUT2D eigenvalue weighted by molar-refractivity contribution is 0.744. The van der Waals surface area contributed by atoms with Crippen molar-refractivity contribution in [2.75, 3.05) is 29.9 Å². The molecular formula is C25H31N5. The number of pyridine rings is 1. The van der Waals surface area contributed by atoms with Gasteiger partial charge in [0.2, 0.25) is 0 Å². The van der Waals surface area contributed by atoms with Gasteiger partial charge in [0.15, 0.2) is 0 Å². The Morgan fingerprint density at radius 2 is 1.97 bits per heavy atom. The number of nitrogens with two attached hydrogens (primary N) is 1. The third kappa shape index (κ3) is 4.62. The summed E-state index contributed by atoms with van der Waals surface area (Å²) >= 11 is 0. The number of fused-ring (bicyclic) bond motifs is 1. The Kier molecular flexibility index (Phi) is 7.07. The van der Waals surface area contributed by atoms with E-state index in [4.69, 9.17) is 10.7 Å². The zero-order valence-electron chi connectivity index (χ0n) is 18.2. The van der Waals surface area contributed by atoms with Crippen LogP contribution in [0.15, 0.2) is 83.4 Å². The highest BCUT2D eigenvalue weighted by molar-refractivity contribution is 5.88. The first-order chi connectivity index (χ1) is 14.6. The van der Waals surface area contributed by atoms with Gasteiger partial charge in [-0.3, -0.25) is 9.98 Å². The predicted molar refractivity (Wildman–Crippen MR) is 130 cm³/mol. The Bertz CT molecular complexity index is 1020. The van der Waals surface area contributed by atoms with E-state index in [1.165, 1.54) is 5.69 Å². The summed E-state index contributed by atoms with van der Waals surface area (Å²) in [6.07, 6.45) is 13.6. The van der Waals surface area contributed by atoms with Crippen LogP contribution in [0.2, 0.25) is 0 Å². The van der Waals surface area contributed by atoms with Crippen LogP contribution in [0.1, 0.15) is 26.7 Å². The Morgan fingerprint density at radius 3 is 2.63 bits per heavy atom. The van der Waals surface area contributed by atoms with Crippen molar-refractivity contribution in [2.45, 2.75) is 26.7 Å². The fraction of sp³-hybridized carbons (Fsp3) is 0.280. The van der Waals surface area contributed by atoms with Gasteiger partial charge >= 0.3 is 0 Å². The van der Waals surface area contributed by atoms with Gasteiger partial charge in [0, 0.05) is 66.7 Å². The molecule has 1 aliphatic heterocycles. The topological polar surface area (TPSA) is 57.8 Å². The molecule has 1 aliphatic rings. The van der Waals surface area contributed by atoms with E-state index in [0.29, 0.717) is 0 Å². The lowest BCUT2D eigenvalue weighted by atomic mass is 10.0. The molecule has 0 spiro atoms. The van der Waals surface area contributed by atoms with Crippen LogP contribution >= 0.6 is 0 Å². The number of anilines is 2. The first kappa shape index (κ1) is 21.4. The fourth-order valence-electron chi connectivity index (χ4n) is 3.64. The van der Waals surface area contributed by atoms with Gasteiger partial charge in [-0.25, -0.2) is 0 Å². The lowest BCUT2D eigenvalue weighted by Gasteiger charge is -2.26. The molecule has 0 saturated heterocycles. The Balaban J connectivity index is 2.00. The van der Waals surface area contributed by atoms with Gasteiger partial charge in [0.1, 0.15) is 0 Å². The predicted octanol–water partition coefficient (Wildman–Crippen LogP) is 5.18. The van der Waals surface area contributed by atoms with Crippen LogP contribution in [-0.2, 0) is 0 Å². The quantitative estimate of drug-likeness (QED) is 0.619. The summed E-state index contributed by atoms with van der Waals surface area (Å²) in [5.41, 5.74) is 11.7. The van der Waals surface area contributed by atoms with E-state index in [1.54, 1.807) is 19.5 Å². The van der Waals surface area contributed by atoms with Crippen molar-refractivity contribution in [1.29, 1.82) is 0 Å².